The second-order valence-electron chi connectivity index (χ2n) is 11.0. The normalized spacial score (nSPS) is 35.9. The van der Waals surface area contributed by atoms with Crippen LogP contribution in [0.5, 0.6) is 0 Å². The van der Waals surface area contributed by atoms with Crippen LogP contribution in [0.15, 0.2) is 34.4 Å². The molecule has 0 aliphatic heterocycles. The Morgan fingerprint density at radius 1 is 1.16 bits per heavy atom. The van der Waals surface area contributed by atoms with Crippen molar-refractivity contribution in [2.24, 2.45) is 28.6 Å². The molecule has 4 nitrogen and oxygen atoms in total. The maximum Gasteiger partial charge on any atom is 0.303 e. The van der Waals surface area contributed by atoms with Crippen LogP contribution < -0.4 is 0 Å². The van der Waals surface area contributed by atoms with E-state index in [1.54, 1.807) is 13.0 Å². The lowest BCUT2D eigenvalue weighted by molar-refractivity contribution is -0.138. The van der Waals surface area contributed by atoms with Crippen molar-refractivity contribution in [2.75, 3.05) is 0 Å². The summed E-state index contributed by atoms with van der Waals surface area (Å²) in [6.07, 6.45) is 8.69. The molecule has 3 aliphatic carbocycles. The van der Waals surface area contributed by atoms with Gasteiger partial charge in [-0.25, -0.2) is 0 Å². The number of hydrogen-bond acceptors (Lipinski definition) is 3. The average molecular weight is 427 g/mol. The molecule has 0 aromatic carbocycles. The zero-order valence-electron chi connectivity index (χ0n) is 20.0. The van der Waals surface area contributed by atoms with E-state index in [1.807, 2.05) is 0 Å². The van der Waals surface area contributed by atoms with Crippen LogP contribution in [0.3, 0.4) is 0 Å². The van der Waals surface area contributed by atoms with Gasteiger partial charge in [-0.3, -0.25) is 14.4 Å². The summed E-state index contributed by atoms with van der Waals surface area (Å²) in [7, 11) is 0. The topological polar surface area (TPSA) is 71.4 Å². The highest BCUT2D eigenvalue weighted by atomic mass is 16.4. The lowest BCUT2D eigenvalue weighted by Crippen LogP contribution is -2.54. The Hall–Kier alpha value is -1.97. The van der Waals surface area contributed by atoms with E-state index < -0.39 is 5.97 Å². The zero-order valence-corrected chi connectivity index (χ0v) is 20.0. The number of ketones is 2. The first kappa shape index (κ1) is 23.7. The van der Waals surface area contributed by atoms with Crippen molar-refractivity contribution >= 4 is 17.5 Å². The van der Waals surface area contributed by atoms with Gasteiger partial charge in [0.05, 0.1) is 0 Å². The SMILES string of the molecule is CC1=CC(=O)C=C(C[C@@]2(C)[C@@H]3CCC(=C(C)C)[C@H](CCC(=O)O)[C@@]3(C)CC[C@@H]2C)C1=O. The molecule has 2 saturated carbocycles. The molecule has 0 amide bonds. The van der Waals surface area contributed by atoms with Crippen LogP contribution in [0.4, 0.5) is 0 Å². The van der Waals surface area contributed by atoms with E-state index >= 15 is 0 Å². The van der Waals surface area contributed by atoms with Crippen LogP contribution in [0, 0.1) is 28.6 Å². The standard InChI is InChI=1S/C27H38O4/c1-16(2)21-7-9-23-26(5,22(21)8-10-24(29)30)12-11-18(4)27(23,6)15-19-14-20(28)13-17(3)25(19)31/h13-14,18,22-23H,7-12,15H2,1-6H3,(H,29,30)/t18-,22-,23+,26+,27+/m0/s1. The van der Waals surface area contributed by atoms with Gasteiger partial charge in [0, 0.05) is 17.6 Å². The van der Waals surface area contributed by atoms with E-state index in [4.69, 9.17) is 0 Å². The number of Topliss-reactive ketones (excluding diaryl/α,β-unsaturated/α-hetero) is 1. The maximum absolute atomic E-state index is 12.9. The molecular weight excluding hydrogens is 388 g/mol. The molecule has 0 aromatic rings. The third kappa shape index (κ3) is 4.23. The van der Waals surface area contributed by atoms with Gasteiger partial charge in [0.15, 0.2) is 11.6 Å². The molecule has 3 aliphatic rings. The van der Waals surface area contributed by atoms with Gasteiger partial charge >= 0.3 is 5.97 Å². The number of rotatable bonds is 5. The van der Waals surface area contributed by atoms with Crippen molar-refractivity contribution in [1.29, 1.82) is 0 Å². The Bertz CT molecular complexity index is 885. The number of carboxylic acids is 1. The Balaban J connectivity index is 2.00. The lowest BCUT2D eigenvalue weighted by Gasteiger charge is -2.61. The molecule has 170 valence electrons. The number of carboxylic acid groups (broad SMARTS) is 1. The van der Waals surface area contributed by atoms with Gasteiger partial charge in [-0.1, -0.05) is 31.9 Å². The van der Waals surface area contributed by atoms with E-state index in [-0.39, 0.29) is 34.7 Å². The largest absolute Gasteiger partial charge is 0.481 e. The van der Waals surface area contributed by atoms with Gasteiger partial charge < -0.3 is 5.11 Å². The van der Waals surface area contributed by atoms with Gasteiger partial charge in [0.25, 0.3) is 0 Å². The molecule has 31 heavy (non-hydrogen) atoms. The lowest BCUT2D eigenvalue weighted by atomic mass is 9.43. The van der Waals surface area contributed by atoms with Crippen LogP contribution >= 0.6 is 0 Å². The van der Waals surface area contributed by atoms with Crippen molar-refractivity contribution in [1.82, 2.24) is 0 Å². The van der Waals surface area contributed by atoms with Crippen molar-refractivity contribution in [2.45, 2.75) is 86.5 Å². The highest BCUT2D eigenvalue weighted by Gasteiger charge is 2.57. The first-order chi connectivity index (χ1) is 14.4. The molecule has 1 N–H and O–H groups in total. The first-order valence-corrected chi connectivity index (χ1v) is 11.8. The third-order valence-corrected chi connectivity index (χ3v) is 8.94. The van der Waals surface area contributed by atoms with E-state index in [2.05, 4.69) is 34.6 Å². The summed E-state index contributed by atoms with van der Waals surface area (Å²) in [5, 5.41) is 9.39. The quantitative estimate of drug-likeness (QED) is 0.428. The van der Waals surface area contributed by atoms with Gasteiger partial charge in [-0.15, -0.1) is 0 Å². The second-order valence-corrected chi connectivity index (χ2v) is 11.0. The van der Waals surface area contributed by atoms with Crippen molar-refractivity contribution < 1.29 is 19.5 Å². The third-order valence-electron chi connectivity index (χ3n) is 8.94. The molecule has 0 heterocycles. The zero-order chi connectivity index (χ0) is 23.1. The summed E-state index contributed by atoms with van der Waals surface area (Å²) in [6, 6.07) is 0. The molecule has 0 spiro atoms. The minimum absolute atomic E-state index is 0.00326. The van der Waals surface area contributed by atoms with Gasteiger partial charge in [-0.2, -0.15) is 0 Å². The smallest absolute Gasteiger partial charge is 0.303 e. The van der Waals surface area contributed by atoms with Gasteiger partial charge in [-0.05, 0) is 100 Å². The van der Waals surface area contributed by atoms with Crippen molar-refractivity contribution in [3.05, 3.63) is 34.4 Å². The number of hydrogen-bond donors (Lipinski definition) is 1. The molecule has 5 atom stereocenters. The number of fused-ring (bicyclic) bond motifs is 1. The maximum atomic E-state index is 12.9. The highest BCUT2D eigenvalue weighted by molar-refractivity contribution is 6.20. The Kier molecular flexibility index (Phi) is 6.51. The summed E-state index contributed by atoms with van der Waals surface area (Å²) < 4.78 is 0. The fourth-order valence-corrected chi connectivity index (χ4v) is 7.10. The Morgan fingerprint density at radius 3 is 2.45 bits per heavy atom. The number of carbonyl (C=O) groups is 3. The summed E-state index contributed by atoms with van der Waals surface area (Å²) in [6.45, 7) is 13.0. The minimum Gasteiger partial charge on any atom is -0.481 e. The fourth-order valence-electron chi connectivity index (χ4n) is 7.10. The minimum atomic E-state index is -0.732. The molecule has 3 rings (SSSR count). The number of aliphatic carboxylic acids is 1. The van der Waals surface area contributed by atoms with Crippen LogP contribution in [-0.4, -0.2) is 22.6 Å². The number of carbonyl (C=O) groups excluding carboxylic acids is 2. The Morgan fingerprint density at radius 2 is 1.84 bits per heavy atom. The molecule has 0 aromatic heterocycles. The predicted octanol–water partition coefficient (Wildman–Crippen LogP) is 6.07. The molecule has 0 unspecified atom stereocenters. The summed E-state index contributed by atoms with van der Waals surface area (Å²) >= 11 is 0. The van der Waals surface area contributed by atoms with E-state index in [0.29, 0.717) is 35.8 Å². The van der Waals surface area contributed by atoms with Crippen LogP contribution in [0.1, 0.15) is 86.5 Å². The summed E-state index contributed by atoms with van der Waals surface area (Å²) in [5.74, 6) is 0.276. The summed E-state index contributed by atoms with van der Waals surface area (Å²) in [5.41, 5.74) is 3.87. The number of allylic oxidation sites excluding steroid dienone is 6. The van der Waals surface area contributed by atoms with Gasteiger partial charge in [0.2, 0.25) is 0 Å². The highest BCUT2D eigenvalue weighted by Crippen LogP contribution is 2.65. The summed E-state index contributed by atoms with van der Waals surface area (Å²) in [4.78, 5) is 36.4. The van der Waals surface area contributed by atoms with Gasteiger partial charge in [0.1, 0.15) is 0 Å². The van der Waals surface area contributed by atoms with Crippen LogP contribution in [0.25, 0.3) is 0 Å². The molecule has 0 radical (unpaired) electrons. The van der Waals surface area contributed by atoms with Crippen LogP contribution in [0.2, 0.25) is 0 Å². The monoisotopic (exact) mass is 426 g/mol. The Labute approximate surface area is 186 Å². The fraction of sp³-hybridized carbons (Fsp3) is 0.667. The molecule has 4 heteroatoms. The van der Waals surface area contributed by atoms with E-state index in [1.165, 1.54) is 17.2 Å². The second kappa shape index (κ2) is 8.52. The van der Waals surface area contributed by atoms with Crippen molar-refractivity contribution in [3.8, 4) is 0 Å². The molecule has 0 bridgehead atoms. The van der Waals surface area contributed by atoms with Crippen LogP contribution in [-0.2, 0) is 14.4 Å². The van der Waals surface area contributed by atoms with E-state index in [0.717, 1.165) is 25.7 Å². The molecule has 0 saturated heterocycles. The molecular formula is C27H38O4. The average Bonchev–Trinajstić information content (AvgIpc) is 2.67. The van der Waals surface area contributed by atoms with E-state index in [9.17, 15) is 19.5 Å². The first-order valence-electron chi connectivity index (χ1n) is 11.8. The molecule has 2 fully saturated rings. The van der Waals surface area contributed by atoms with Crippen molar-refractivity contribution in [3.63, 3.8) is 0 Å². The predicted molar refractivity (Wildman–Crippen MR) is 123 cm³/mol.